The van der Waals surface area contributed by atoms with Crippen molar-refractivity contribution in [3.63, 3.8) is 0 Å². The van der Waals surface area contributed by atoms with E-state index in [2.05, 4.69) is 44.9 Å². The van der Waals surface area contributed by atoms with Gasteiger partial charge in [0, 0.05) is 23.7 Å². The minimum absolute atomic E-state index is 0.0209. The molecular formula is C26H38N2O2. The number of aromatic nitrogens is 2. The van der Waals surface area contributed by atoms with Crippen molar-refractivity contribution in [1.82, 2.24) is 9.78 Å². The maximum absolute atomic E-state index is 11.5. The SMILES string of the molecule is Cc1nn(C)c(C)c1/C=C1\C[C@H]2[C@@H]3CC=C4C[C@H](O)CC[C@]4(C)[C@H]3CC[C@]2(C)[C@@H]1O. The molecule has 0 saturated heterocycles. The van der Waals surface area contributed by atoms with Crippen molar-refractivity contribution in [2.75, 3.05) is 0 Å². The molecular weight excluding hydrogens is 372 g/mol. The van der Waals surface area contributed by atoms with Crippen LogP contribution >= 0.6 is 0 Å². The van der Waals surface area contributed by atoms with Crippen molar-refractivity contribution in [1.29, 1.82) is 0 Å². The Morgan fingerprint density at radius 1 is 1.10 bits per heavy atom. The fourth-order valence-corrected chi connectivity index (χ4v) is 7.82. The highest BCUT2D eigenvalue weighted by Crippen LogP contribution is 2.65. The molecule has 1 heterocycles. The lowest BCUT2D eigenvalue weighted by Gasteiger charge is -2.57. The van der Waals surface area contributed by atoms with Crippen LogP contribution in [0.2, 0.25) is 0 Å². The highest BCUT2D eigenvalue weighted by molar-refractivity contribution is 5.59. The molecule has 7 atom stereocenters. The van der Waals surface area contributed by atoms with Crippen LogP contribution in [0.25, 0.3) is 6.08 Å². The molecule has 0 aromatic carbocycles. The van der Waals surface area contributed by atoms with Crippen LogP contribution in [0.4, 0.5) is 0 Å². The second-order valence-electron chi connectivity index (χ2n) is 11.2. The van der Waals surface area contributed by atoms with Crippen molar-refractivity contribution in [3.05, 3.63) is 34.2 Å². The van der Waals surface area contributed by atoms with E-state index in [9.17, 15) is 10.2 Å². The van der Waals surface area contributed by atoms with Crippen molar-refractivity contribution in [3.8, 4) is 0 Å². The molecule has 4 aliphatic carbocycles. The van der Waals surface area contributed by atoms with Crippen LogP contribution in [0.1, 0.15) is 75.7 Å². The van der Waals surface area contributed by atoms with E-state index in [1.165, 1.54) is 28.8 Å². The van der Waals surface area contributed by atoms with Crippen molar-refractivity contribution in [2.45, 2.75) is 84.8 Å². The number of allylic oxidation sites excluding steroid dienone is 1. The van der Waals surface area contributed by atoms with E-state index in [4.69, 9.17) is 0 Å². The van der Waals surface area contributed by atoms with E-state index in [0.29, 0.717) is 17.8 Å². The predicted molar refractivity (Wildman–Crippen MR) is 120 cm³/mol. The summed E-state index contributed by atoms with van der Waals surface area (Å²) in [7, 11) is 1.99. The van der Waals surface area contributed by atoms with E-state index in [-0.39, 0.29) is 23.0 Å². The third-order valence-corrected chi connectivity index (χ3v) is 9.84. The van der Waals surface area contributed by atoms with Crippen LogP contribution in [-0.2, 0) is 7.05 Å². The number of aliphatic hydroxyl groups is 2. The summed E-state index contributed by atoms with van der Waals surface area (Å²) in [5, 5.41) is 26.3. The minimum Gasteiger partial charge on any atom is -0.393 e. The molecule has 0 radical (unpaired) electrons. The second kappa shape index (κ2) is 6.80. The maximum atomic E-state index is 11.5. The topological polar surface area (TPSA) is 58.3 Å². The Morgan fingerprint density at radius 2 is 1.87 bits per heavy atom. The fraction of sp³-hybridized carbons (Fsp3) is 0.731. The van der Waals surface area contributed by atoms with E-state index in [1.807, 2.05) is 11.7 Å². The van der Waals surface area contributed by atoms with Gasteiger partial charge in [-0.25, -0.2) is 0 Å². The number of rotatable bonds is 1. The monoisotopic (exact) mass is 410 g/mol. The van der Waals surface area contributed by atoms with Crippen molar-refractivity contribution < 1.29 is 10.2 Å². The zero-order valence-electron chi connectivity index (χ0n) is 19.3. The fourth-order valence-electron chi connectivity index (χ4n) is 7.82. The van der Waals surface area contributed by atoms with Crippen LogP contribution in [0.3, 0.4) is 0 Å². The lowest BCUT2D eigenvalue weighted by atomic mass is 9.48. The predicted octanol–water partition coefficient (Wildman–Crippen LogP) is 4.71. The smallest absolute Gasteiger partial charge is 0.0809 e. The number of aryl methyl sites for hydroxylation is 2. The molecule has 4 nitrogen and oxygen atoms in total. The van der Waals surface area contributed by atoms with Crippen LogP contribution in [0.15, 0.2) is 17.2 Å². The van der Waals surface area contributed by atoms with Crippen LogP contribution in [0, 0.1) is 42.4 Å². The maximum Gasteiger partial charge on any atom is 0.0809 e. The summed E-state index contributed by atoms with van der Waals surface area (Å²) in [5.74, 6) is 1.87. The molecule has 1 aromatic rings. The lowest BCUT2D eigenvalue weighted by molar-refractivity contribution is -0.0685. The number of hydrogen-bond acceptors (Lipinski definition) is 3. The van der Waals surface area contributed by atoms with Crippen LogP contribution in [0.5, 0.6) is 0 Å². The van der Waals surface area contributed by atoms with Crippen LogP contribution < -0.4 is 0 Å². The Morgan fingerprint density at radius 3 is 2.57 bits per heavy atom. The Balaban J connectivity index is 1.49. The summed E-state index contributed by atoms with van der Waals surface area (Å²) < 4.78 is 1.94. The highest BCUT2D eigenvalue weighted by atomic mass is 16.3. The molecule has 0 aliphatic heterocycles. The van der Waals surface area contributed by atoms with Crippen molar-refractivity contribution in [2.24, 2.45) is 35.6 Å². The molecule has 4 aliphatic rings. The highest BCUT2D eigenvalue weighted by Gasteiger charge is 2.59. The first kappa shape index (κ1) is 20.5. The van der Waals surface area contributed by atoms with Gasteiger partial charge in [0.05, 0.1) is 17.9 Å². The Hall–Kier alpha value is -1.39. The first-order chi connectivity index (χ1) is 14.1. The van der Waals surface area contributed by atoms with E-state index < -0.39 is 0 Å². The molecule has 2 N–H and O–H groups in total. The average Bonchev–Trinajstić information content (AvgIpc) is 3.10. The lowest BCUT2D eigenvalue weighted by Crippen LogP contribution is -2.51. The molecule has 164 valence electrons. The number of fused-ring (bicyclic) bond motifs is 5. The summed E-state index contributed by atoms with van der Waals surface area (Å²) in [4.78, 5) is 0. The van der Waals surface area contributed by atoms with Gasteiger partial charge in [-0.15, -0.1) is 0 Å². The molecule has 1 aromatic heterocycles. The quantitative estimate of drug-likeness (QED) is 0.659. The van der Waals surface area contributed by atoms with Crippen molar-refractivity contribution >= 4 is 6.08 Å². The molecule has 0 unspecified atom stereocenters. The molecule has 0 bridgehead atoms. The van der Waals surface area contributed by atoms with Gasteiger partial charge in [-0.1, -0.05) is 25.5 Å². The van der Waals surface area contributed by atoms with E-state index in [0.717, 1.165) is 44.2 Å². The number of aliphatic hydroxyl groups excluding tert-OH is 2. The molecule has 3 saturated carbocycles. The largest absolute Gasteiger partial charge is 0.393 e. The number of hydrogen-bond donors (Lipinski definition) is 2. The molecule has 4 heteroatoms. The van der Waals surface area contributed by atoms with Gasteiger partial charge >= 0.3 is 0 Å². The summed E-state index contributed by atoms with van der Waals surface area (Å²) in [5.41, 5.74) is 6.35. The Kier molecular flexibility index (Phi) is 4.65. The first-order valence-electron chi connectivity index (χ1n) is 11.9. The van der Waals surface area contributed by atoms with Gasteiger partial charge in [0.2, 0.25) is 0 Å². The number of nitrogens with zero attached hydrogens (tertiary/aromatic N) is 2. The zero-order chi connectivity index (χ0) is 21.4. The first-order valence-corrected chi connectivity index (χ1v) is 11.9. The molecule has 0 spiro atoms. The molecule has 5 rings (SSSR count). The summed E-state index contributed by atoms with van der Waals surface area (Å²) in [6.07, 6.45) is 11.6. The third kappa shape index (κ3) is 2.75. The summed E-state index contributed by atoms with van der Waals surface area (Å²) >= 11 is 0. The third-order valence-electron chi connectivity index (χ3n) is 9.84. The van der Waals surface area contributed by atoms with Gasteiger partial charge in [0.1, 0.15) is 0 Å². The zero-order valence-corrected chi connectivity index (χ0v) is 19.3. The standard InChI is InChI=1S/C26H38N2O2/c1-15-21(16(2)28(5)27-15)12-17-13-23-20-7-6-18-14-19(29)8-10-25(18,3)22(20)9-11-26(23,4)24(17)30/h6,12,19-20,22-24,29-30H,7-11,13-14H2,1-5H3/b17-12+/t19-,20-,22+,23+,24-,25+,26+/m1/s1. The normalized spacial score (nSPS) is 44.4. The van der Waals surface area contributed by atoms with Gasteiger partial charge in [0.25, 0.3) is 0 Å². The van der Waals surface area contributed by atoms with E-state index in [1.54, 1.807) is 0 Å². The van der Waals surface area contributed by atoms with Gasteiger partial charge in [-0.3, -0.25) is 4.68 Å². The van der Waals surface area contributed by atoms with Gasteiger partial charge in [-0.2, -0.15) is 5.10 Å². The van der Waals surface area contributed by atoms with E-state index >= 15 is 0 Å². The minimum atomic E-state index is -0.353. The summed E-state index contributed by atoms with van der Waals surface area (Å²) in [6.45, 7) is 8.99. The van der Waals surface area contributed by atoms with Gasteiger partial charge in [0.15, 0.2) is 0 Å². The van der Waals surface area contributed by atoms with Crippen LogP contribution in [-0.4, -0.2) is 32.2 Å². The van der Waals surface area contributed by atoms with Gasteiger partial charge < -0.3 is 10.2 Å². The molecule has 30 heavy (non-hydrogen) atoms. The Bertz CT molecular complexity index is 928. The van der Waals surface area contributed by atoms with Gasteiger partial charge in [-0.05, 0) is 93.6 Å². The second-order valence-corrected chi connectivity index (χ2v) is 11.2. The Labute approximate surface area is 181 Å². The molecule has 0 amide bonds. The summed E-state index contributed by atoms with van der Waals surface area (Å²) in [6, 6.07) is 0. The average molecular weight is 411 g/mol. The molecule has 3 fully saturated rings.